The molecule has 0 spiro atoms. The maximum atomic E-state index is 9.88. The molecule has 0 aliphatic heterocycles. The maximum Gasteiger partial charge on any atom is 0.136 e. The zero-order chi connectivity index (χ0) is 49.3. The lowest BCUT2D eigenvalue weighted by Gasteiger charge is -2.27. The molecular formula is C66H44N2O. The molecule has 0 atom stereocenters. The van der Waals surface area contributed by atoms with Gasteiger partial charge >= 0.3 is 0 Å². The fourth-order valence-corrected chi connectivity index (χ4v) is 10.1. The first-order valence-corrected chi connectivity index (χ1v) is 23.2. The first kappa shape index (κ1) is 36.0. The van der Waals surface area contributed by atoms with Gasteiger partial charge in [-0.1, -0.05) is 176 Å². The summed E-state index contributed by atoms with van der Waals surface area (Å²) in [6.07, 6.45) is 7.46. The van der Waals surface area contributed by atoms with Crippen LogP contribution in [0.15, 0.2) is 265 Å². The van der Waals surface area contributed by atoms with Crippen molar-refractivity contribution in [3.8, 4) is 27.9 Å². The van der Waals surface area contributed by atoms with Gasteiger partial charge in [0.05, 0.1) is 16.5 Å². The molecule has 0 saturated heterocycles. The van der Waals surface area contributed by atoms with Gasteiger partial charge in [-0.05, 0) is 145 Å². The molecule has 2 heterocycles. The largest absolute Gasteiger partial charge is 0.456 e. The molecule has 13 aromatic rings. The zero-order valence-electron chi connectivity index (χ0n) is 41.4. The fraction of sp³-hybridized carbons (Fsp3) is 0. The van der Waals surface area contributed by atoms with Crippen molar-refractivity contribution in [3.05, 3.63) is 266 Å². The van der Waals surface area contributed by atoms with Gasteiger partial charge in [0.25, 0.3) is 0 Å². The van der Waals surface area contributed by atoms with Gasteiger partial charge in [0.1, 0.15) is 11.2 Å². The summed E-state index contributed by atoms with van der Waals surface area (Å²) in [5.41, 5.74) is 9.83. The van der Waals surface area contributed by atoms with Gasteiger partial charge in [-0.3, -0.25) is 0 Å². The van der Waals surface area contributed by atoms with Crippen LogP contribution >= 0.6 is 0 Å². The number of hydrogen-bond acceptors (Lipinski definition) is 2. The van der Waals surface area contributed by atoms with E-state index in [1.54, 1.807) is 6.08 Å². The first-order chi connectivity index (χ1) is 35.8. The Kier molecular flexibility index (Phi) is 8.66. The van der Waals surface area contributed by atoms with Crippen LogP contribution in [0.2, 0.25) is 0 Å². The summed E-state index contributed by atoms with van der Waals surface area (Å²) in [5, 5.41) is 10.7. The molecule has 3 heteroatoms. The summed E-state index contributed by atoms with van der Waals surface area (Å²) >= 11 is 0. The topological polar surface area (TPSA) is 21.3 Å². The van der Waals surface area contributed by atoms with Gasteiger partial charge in [0, 0.05) is 44.3 Å². The molecule has 0 radical (unpaired) electrons. The second-order valence-corrected chi connectivity index (χ2v) is 17.4. The second-order valence-electron chi connectivity index (χ2n) is 17.4. The Labute approximate surface area is 405 Å². The van der Waals surface area contributed by atoms with Crippen molar-refractivity contribution in [2.24, 2.45) is 0 Å². The summed E-state index contributed by atoms with van der Waals surface area (Å²) in [4.78, 5) is 1.84. The van der Waals surface area contributed by atoms with Crippen LogP contribution in [0, 0.1) is 0 Å². The van der Waals surface area contributed by atoms with Gasteiger partial charge in [-0.25, -0.2) is 0 Å². The maximum absolute atomic E-state index is 9.88. The summed E-state index contributed by atoms with van der Waals surface area (Å²) in [5.74, 6) is 0. The lowest BCUT2D eigenvalue weighted by atomic mass is 9.97. The van der Waals surface area contributed by atoms with Crippen molar-refractivity contribution in [1.29, 1.82) is 0 Å². The van der Waals surface area contributed by atoms with Gasteiger partial charge in [0.2, 0.25) is 0 Å². The molecule has 11 aromatic carbocycles. The molecule has 0 fully saturated rings. The van der Waals surface area contributed by atoms with Crippen LogP contribution in [0.5, 0.6) is 0 Å². The lowest BCUT2D eigenvalue weighted by Crippen LogP contribution is -2.15. The highest BCUT2D eigenvalue weighted by Crippen LogP contribution is 2.40. The smallest absolute Gasteiger partial charge is 0.136 e. The number of rotatable bonds is 9. The van der Waals surface area contributed by atoms with E-state index in [0.717, 1.165) is 87.7 Å². The summed E-state index contributed by atoms with van der Waals surface area (Å²) in [6, 6.07) is 69.7. The summed E-state index contributed by atoms with van der Waals surface area (Å²) in [7, 11) is 0. The molecular weight excluding hydrogens is 837 g/mol. The fourth-order valence-electron chi connectivity index (χ4n) is 10.1. The van der Waals surface area contributed by atoms with E-state index < -0.39 is 0 Å². The highest BCUT2D eigenvalue weighted by atomic mass is 16.3. The van der Waals surface area contributed by atoms with Crippen LogP contribution in [0.1, 0.15) is 11.0 Å². The monoisotopic (exact) mass is 884 g/mol. The number of anilines is 2. The Morgan fingerprint density at radius 3 is 1.87 bits per heavy atom. The Bertz CT molecular complexity index is 4380. The predicted octanol–water partition coefficient (Wildman–Crippen LogP) is 18.4. The Hall–Kier alpha value is -9.18. The molecule has 0 saturated carbocycles. The van der Waals surface area contributed by atoms with Crippen molar-refractivity contribution in [1.82, 2.24) is 4.57 Å². The number of fused-ring (bicyclic) bond motifs is 10. The molecule has 13 rings (SSSR count). The van der Waals surface area contributed by atoms with Gasteiger partial charge in [-0.2, -0.15) is 0 Å². The molecule has 324 valence electrons. The van der Waals surface area contributed by atoms with Crippen LogP contribution in [-0.4, -0.2) is 4.57 Å². The van der Waals surface area contributed by atoms with E-state index in [2.05, 4.69) is 139 Å². The number of benzene rings is 11. The second kappa shape index (κ2) is 16.6. The quantitative estimate of drug-likeness (QED) is 0.106. The molecule has 0 bridgehead atoms. The van der Waals surface area contributed by atoms with Crippen LogP contribution in [0.25, 0.3) is 110 Å². The third kappa shape index (κ3) is 6.99. The third-order valence-corrected chi connectivity index (χ3v) is 13.4. The van der Waals surface area contributed by atoms with Gasteiger partial charge < -0.3 is 13.9 Å². The molecule has 0 aliphatic carbocycles. The van der Waals surface area contributed by atoms with Gasteiger partial charge in [0.15, 0.2) is 0 Å². The van der Waals surface area contributed by atoms with Crippen molar-refractivity contribution < 1.29 is 9.90 Å². The molecule has 0 N–H and O–H groups in total. The van der Waals surface area contributed by atoms with E-state index in [4.69, 9.17) is 4.42 Å². The minimum Gasteiger partial charge on any atom is -0.456 e. The Morgan fingerprint density at radius 1 is 0.464 bits per heavy atom. The number of nitrogens with zero attached hydrogens (tertiary/aromatic N) is 2. The molecule has 0 amide bonds. The molecule has 0 aliphatic rings. The average Bonchev–Trinajstić information content (AvgIpc) is 3.98. The van der Waals surface area contributed by atoms with E-state index in [9.17, 15) is 5.48 Å². The summed E-state index contributed by atoms with van der Waals surface area (Å²) < 4.78 is 48.0. The van der Waals surface area contributed by atoms with Crippen LogP contribution in [-0.2, 0) is 0 Å². The predicted molar refractivity (Wildman–Crippen MR) is 294 cm³/mol. The van der Waals surface area contributed by atoms with Crippen molar-refractivity contribution in [2.45, 2.75) is 0 Å². The van der Waals surface area contributed by atoms with Gasteiger partial charge in [-0.15, -0.1) is 0 Å². The Morgan fingerprint density at radius 2 is 1.10 bits per heavy atom. The molecule has 2 aromatic heterocycles. The standard InChI is InChI=1S/C66H44N2O/c1-2-3-19-55(41-52-18-13-26-64-66(52)61-42-48-15-4-5-16-49(48)43-65(61)69-64)67(54-36-31-45(32-37-54)50-33-38-58-51(39-50)28-27-46-14-6-7-21-57(46)58)53-34-29-44(30-35-53)47-17-12-20-56(40-47)68-62-24-10-8-22-59(62)60-23-9-11-25-63(60)68/h2-43H,1H2/b19-3-,55-41-/i31D,32D,36D,37D. The average molecular weight is 885 g/mol. The number of aromatic nitrogens is 1. The van der Waals surface area contributed by atoms with Crippen LogP contribution in [0.3, 0.4) is 0 Å². The first-order valence-electron chi connectivity index (χ1n) is 25.2. The van der Waals surface area contributed by atoms with Crippen LogP contribution in [0.4, 0.5) is 11.4 Å². The van der Waals surface area contributed by atoms with E-state index in [0.29, 0.717) is 16.9 Å². The van der Waals surface area contributed by atoms with Crippen molar-refractivity contribution >= 4 is 93.5 Å². The SMILES string of the molecule is [2H]c1c([2H])c(N(C(/C=C\C=C)=C\c2cccc3oc4cc5ccccc5cc4c23)c2ccc(-c3cccc(-n4c5ccccc5c5ccccc54)c3)cc2)c([2H])c([2H])c1-c1ccc2c(ccc3ccccc32)c1. The van der Waals surface area contributed by atoms with E-state index in [1.165, 1.54) is 10.8 Å². The number of hydrogen-bond donors (Lipinski definition) is 0. The number of allylic oxidation sites excluding steroid dienone is 3. The molecule has 69 heavy (non-hydrogen) atoms. The summed E-state index contributed by atoms with van der Waals surface area (Å²) in [6.45, 7) is 4.02. The lowest BCUT2D eigenvalue weighted by molar-refractivity contribution is 0.669. The van der Waals surface area contributed by atoms with Crippen molar-refractivity contribution in [2.75, 3.05) is 4.90 Å². The normalized spacial score (nSPS) is 13.0. The number of para-hydroxylation sites is 2. The van der Waals surface area contributed by atoms with E-state index in [-0.39, 0.29) is 35.4 Å². The third-order valence-electron chi connectivity index (χ3n) is 13.4. The van der Waals surface area contributed by atoms with E-state index in [1.807, 2.05) is 102 Å². The zero-order valence-corrected chi connectivity index (χ0v) is 37.4. The molecule has 3 nitrogen and oxygen atoms in total. The minimum absolute atomic E-state index is 0.113. The highest BCUT2D eigenvalue weighted by Gasteiger charge is 2.18. The van der Waals surface area contributed by atoms with Crippen LogP contribution < -0.4 is 4.90 Å². The highest BCUT2D eigenvalue weighted by molar-refractivity contribution is 6.14. The van der Waals surface area contributed by atoms with Crippen molar-refractivity contribution in [3.63, 3.8) is 0 Å². The molecule has 0 unspecified atom stereocenters. The number of furan rings is 1. The Balaban J connectivity index is 0.991. The minimum atomic E-state index is -0.172. The van der Waals surface area contributed by atoms with E-state index >= 15 is 0 Å².